The van der Waals surface area contributed by atoms with E-state index in [9.17, 15) is 18.3 Å². The zero-order valence-corrected chi connectivity index (χ0v) is 13.2. The van der Waals surface area contributed by atoms with Gasteiger partial charge in [0.15, 0.2) is 0 Å². The van der Waals surface area contributed by atoms with Crippen LogP contribution in [0.15, 0.2) is 46.5 Å². The number of hydrogen-bond acceptors (Lipinski definition) is 5. The maximum absolute atomic E-state index is 12.6. The first-order chi connectivity index (χ1) is 11.7. The first-order valence-corrected chi connectivity index (χ1v) is 7.05. The Morgan fingerprint density at radius 1 is 1.32 bits per heavy atom. The van der Waals surface area contributed by atoms with Crippen molar-refractivity contribution < 1.29 is 27.5 Å². The van der Waals surface area contributed by atoms with Gasteiger partial charge in [0.25, 0.3) is 6.33 Å². The number of hydrogen-bond donors (Lipinski definition) is 0. The Labute approximate surface area is 139 Å². The Hall–Kier alpha value is -3.17. The largest absolute Gasteiger partial charge is 0.856 e. The van der Waals surface area contributed by atoms with Gasteiger partial charge in [0, 0.05) is 22.6 Å². The summed E-state index contributed by atoms with van der Waals surface area (Å²) >= 11 is 0. The minimum absolute atomic E-state index is 0.0352. The third-order valence-electron chi connectivity index (χ3n) is 3.39. The molecule has 0 atom stereocenters. The van der Waals surface area contributed by atoms with Gasteiger partial charge in [0.05, 0.1) is 7.05 Å². The van der Waals surface area contributed by atoms with Gasteiger partial charge in [-0.1, -0.05) is 17.3 Å². The van der Waals surface area contributed by atoms with Crippen molar-refractivity contribution in [2.24, 2.45) is 12.1 Å². The van der Waals surface area contributed by atoms with Crippen molar-refractivity contribution in [3.63, 3.8) is 0 Å². The number of benzene rings is 1. The summed E-state index contributed by atoms with van der Waals surface area (Å²) in [5.41, 5.74) is 1.31. The van der Waals surface area contributed by atoms with Crippen LogP contribution in [0.2, 0.25) is 0 Å². The molecule has 0 aliphatic rings. The number of aromatic nitrogens is 4. The van der Waals surface area contributed by atoms with E-state index in [1.165, 1.54) is 34.1 Å². The summed E-state index contributed by atoms with van der Waals surface area (Å²) in [6.07, 6.45) is -1.72. The van der Waals surface area contributed by atoms with Gasteiger partial charge in [0.1, 0.15) is 5.69 Å². The van der Waals surface area contributed by atoms with E-state index in [-0.39, 0.29) is 5.69 Å². The van der Waals surface area contributed by atoms with E-state index in [0.29, 0.717) is 16.7 Å². The second-order valence-corrected chi connectivity index (χ2v) is 5.31. The Morgan fingerprint density at radius 2 is 2.08 bits per heavy atom. The standard InChI is InChI=1S/C15H12F3N5O2/c1-9-5-10(12-6-13(25-21-12)15(16,17)18)3-4-11(9)14(24)20-23-7-19-22(2)8-23/h3-8H,1-2H3. The third-order valence-corrected chi connectivity index (χ3v) is 3.39. The fourth-order valence-corrected chi connectivity index (χ4v) is 2.18. The Morgan fingerprint density at radius 3 is 2.64 bits per heavy atom. The average molecular weight is 351 g/mol. The fourth-order valence-electron chi connectivity index (χ4n) is 2.18. The lowest BCUT2D eigenvalue weighted by atomic mass is 10.0. The Balaban J connectivity index is 1.90. The van der Waals surface area contributed by atoms with E-state index in [0.717, 1.165) is 6.07 Å². The summed E-state index contributed by atoms with van der Waals surface area (Å²) in [5, 5.41) is 23.4. The van der Waals surface area contributed by atoms with Gasteiger partial charge in [-0.05, 0) is 24.1 Å². The molecule has 0 aliphatic heterocycles. The number of aryl methyl sites for hydroxylation is 2. The van der Waals surface area contributed by atoms with Crippen molar-refractivity contribution in [2.45, 2.75) is 13.1 Å². The molecule has 10 heteroatoms. The molecule has 2 aromatic heterocycles. The lowest BCUT2D eigenvalue weighted by Crippen LogP contribution is -2.32. The SMILES string of the molecule is Cc1cc(-c2cc(C(F)(F)F)on2)ccc1C([O-])=N[n+]1cnn(C)c1. The molecule has 3 aromatic rings. The highest BCUT2D eigenvalue weighted by atomic mass is 19.4. The monoisotopic (exact) mass is 351 g/mol. The summed E-state index contributed by atoms with van der Waals surface area (Å²) in [6, 6.07) is 5.33. The quantitative estimate of drug-likeness (QED) is 0.404. The van der Waals surface area contributed by atoms with Gasteiger partial charge in [-0.3, -0.25) is 0 Å². The molecule has 130 valence electrons. The number of nitrogens with zero attached hydrogens (tertiary/aromatic N) is 5. The molecule has 0 unspecified atom stereocenters. The first kappa shape index (κ1) is 16.7. The van der Waals surface area contributed by atoms with E-state index in [4.69, 9.17) is 0 Å². The summed E-state index contributed by atoms with van der Waals surface area (Å²) in [6.45, 7) is 1.66. The van der Waals surface area contributed by atoms with Crippen molar-refractivity contribution >= 4 is 5.90 Å². The molecule has 0 bridgehead atoms. The molecular formula is C15H12F3N5O2. The molecule has 0 N–H and O–H groups in total. The molecule has 2 heterocycles. The van der Waals surface area contributed by atoms with Crippen LogP contribution in [-0.2, 0) is 13.2 Å². The fraction of sp³-hybridized carbons (Fsp3) is 0.200. The second-order valence-electron chi connectivity index (χ2n) is 5.31. The topological polar surface area (TPSA) is 83.2 Å². The van der Waals surface area contributed by atoms with Gasteiger partial charge in [-0.15, -0.1) is 14.5 Å². The van der Waals surface area contributed by atoms with Crippen molar-refractivity contribution in [1.29, 1.82) is 0 Å². The maximum atomic E-state index is 12.6. The van der Waals surface area contributed by atoms with Crippen LogP contribution in [0, 0.1) is 6.92 Å². The van der Waals surface area contributed by atoms with Gasteiger partial charge in [0.2, 0.25) is 12.1 Å². The van der Waals surface area contributed by atoms with E-state index in [1.54, 1.807) is 20.0 Å². The van der Waals surface area contributed by atoms with E-state index in [2.05, 4.69) is 19.9 Å². The van der Waals surface area contributed by atoms with Crippen LogP contribution in [0.1, 0.15) is 16.9 Å². The Bertz CT molecular complexity index is 943. The number of alkyl halides is 3. The normalized spacial score (nSPS) is 12.6. The average Bonchev–Trinajstić information content (AvgIpc) is 3.16. The first-order valence-electron chi connectivity index (χ1n) is 7.05. The highest BCUT2D eigenvalue weighted by Gasteiger charge is 2.36. The molecule has 7 nitrogen and oxygen atoms in total. The molecule has 0 spiro atoms. The number of halogens is 3. The zero-order chi connectivity index (χ0) is 18.2. The van der Waals surface area contributed by atoms with Crippen molar-refractivity contribution in [2.75, 3.05) is 0 Å². The lowest BCUT2D eigenvalue weighted by Gasteiger charge is -2.12. The predicted octanol–water partition coefficient (Wildman–Crippen LogP) is 1.26. The number of rotatable bonds is 3. The zero-order valence-electron chi connectivity index (χ0n) is 13.2. The third kappa shape index (κ3) is 3.52. The molecular weight excluding hydrogens is 339 g/mol. The minimum atomic E-state index is -4.60. The van der Waals surface area contributed by atoms with Crippen molar-refractivity contribution in [1.82, 2.24) is 14.9 Å². The van der Waals surface area contributed by atoms with Gasteiger partial charge < -0.3 is 9.63 Å². The summed E-state index contributed by atoms with van der Waals surface area (Å²) in [4.78, 5) is 0. The molecule has 0 amide bonds. The second kappa shape index (κ2) is 6.04. The van der Waals surface area contributed by atoms with E-state index in [1.807, 2.05) is 0 Å². The maximum Gasteiger partial charge on any atom is 0.452 e. The lowest BCUT2D eigenvalue weighted by molar-refractivity contribution is -0.682. The van der Waals surface area contributed by atoms with Crippen molar-refractivity contribution in [3.8, 4) is 11.3 Å². The highest BCUT2D eigenvalue weighted by molar-refractivity contribution is 5.92. The molecule has 3 rings (SSSR count). The van der Waals surface area contributed by atoms with Crippen LogP contribution < -0.4 is 9.78 Å². The molecule has 25 heavy (non-hydrogen) atoms. The van der Waals surface area contributed by atoms with Crippen LogP contribution in [0.5, 0.6) is 0 Å². The molecule has 0 radical (unpaired) electrons. The Kier molecular flexibility index (Phi) is 4.03. The smallest absolute Gasteiger partial charge is 0.452 e. The molecule has 0 fully saturated rings. The summed E-state index contributed by atoms with van der Waals surface area (Å²) < 4.78 is 44.8. The van der Waals surface area contributed by atoms with Crippen LogP contribution >= 0.6 is 0 Å². The van der Waals surface area contributed by atoms with Crippen molar-refractivity contribution in [3.05, 3.63) is 53.8 Å². The minimum Gasteiger partial charge on any atom is -0.856 e. The molecule has 1 aromatic carbocycles. The van der Waals surface area contributed by atoms with Gasteiger partial charge in [-0.2, -0.15) is 13.2 Å². The van der Waals surface area contributed by atoms with Crippen LogP contribution in [0.4, 0.5) is 13.2 Å². The molecule has 0 saturated heterocycles. The van der Waals surface area contributed by atoms with E-state index < -0.39 is 17.8 Å². The summed E-state index contributed by atoms with van der Waals surface area (Å²) in [5.74, 6) is -1.68. The van der Waals surface area contributed by atoms with Gasteiger partial charge >= 0.3 is 6.18 Å². The van der Waals surface area contributed by atoms with Crippen LogP contribution in [0.25, 0.3) is 11.3 Å². The molecule has 0 saturated carbocycles. The highest BCUT2D eigenvalue weighted by Crippen LogP contribution is 2.32. The van der Waals surface area contributed by atoms with Crippen LogP contribution in [0.3, 0.4) is 0 Å². The van der Waals surface area contributed by atoms with Crippen LogP contribution in [-0.4, -0.2) is 20.8 Å². The molecule has 0 aliphatic carbocycles. The van der Waals surface area contributed by atoms with E-state index >= 15 is 0 Å². The predicted molar refractivity (Wildman–Crippen MR) is 77.0 cm³/mol. The van der Waals surface area contributed by atoms with Gasteiger partial charge in [-0.25, -0.2) is 0 Å². The summed E-state index contributed by atoms with van der Waals surface area (Å²) in [7, 11) is 1.68.